The summed E-state index contributed by atoms with van der Waals surface area (Å²) < 4.78 is 5.16. The van der Waals surface area contributed by atoms with Crippen molar-refractivity contribution in [3.63, 3.8) is 0 Å². The van der Waals surface area contributed by atoms with Gasteiger partial charge in [0.1, 0.15) is 5.60 Å². The number of guanidine groups is 1. The van der Waals surface area contributed by atoms with E-state index in [2.05, 4.69) is 33.1 Å². The van der Waals surface area contributed by atoms with Gasteiger partial charge in [0.2, 0.25) is 0 Å². The SMILES string of the molecule is CN=C(NCCCNC(=O)OC(C)(C)C)NC1CC=CC1.I. The largest absolute Gasteiger partial charge is 0.444 e. The van der Waals surface area contributed by atoms with E-state index in [1.165, 1.54) is 0 Å². The Morgan fingerprint density at radius 2 is 1.82 bits per heavy atom. The second kappa shape index (κ2) is 10.7. The minimum Gasteiger partial charge on any atom is -0.444 e. The molecule has 0 fully saturated rings. The Kier molecular flexibility index (Phi) is 10.2. The first-order valence-electron chi connectivity index (χ1n) is 7.50. The van der Waals surface area contributed by atoms with Crippen LogP contribution in [0.3, 0.4) is 0 Å². The number of halogens is 1. The highest BCUT2D eigenvalue weighted by Crippen LogP contribution is 2.08. The molecule has 7 heteroatoms. The van der Waals surface area contributed by atoms with Crippen LogP contribution in [0.15, 0.2) is 17.1 Å². The zero-order valence-electron chi connectivity index (χ0n) is 13.9. The summed E-state index contributed by atoms with van der Waals surface area (Å²) in [5.41, 5.74) is -0.455. The van der Waals surface area contributed by atoms with Crippen LogP contribution >= 0.6 is 24.0 Å². The maximum Gasteiger partial charge on any atom is 0.407 e. The van der Waals surface area contributed by atoms with Crippen molar-refractivity contribution in [1.82, 2.24) is 16.0 Å². The minimum absolute atomic E-state index is 0. The molecule has 0 saturated heterocycles. The monoisotopic (exact) mass is 424 g/mol. The summed E-state index contributed by atoms with van der Waals surface area (Å²) in [6, 6.07) is 0.441. The van der Waals surface area contributed by atoms with E-state index in [0.717, 1.165) is 31.8 Å². The highest BCUT2D eigenvalue weighted by Gasteiger charge is 2.15. The smallest absolute Gasteiger partial charge is 0.407 e. The molecule has 3 N–H and O–H groups in total. The zero-order valence-corrected chi connectivity index (χ0v) is 16.3. The predicted octanol–water partition coefficient (Wildman–Crippen LogP) is 2.40. The van der Waals surface area contributed by atoms with Gasteiger partial charge in [-0.05, 0) is 40.0 Å². The number of carbonyl (C=O) groups is 1. The second-order valence-corrected chi connectivity index (χ2v) is 6.07. The van der Waals surface area contributed by atoms with Gasteiger partial charge in [-0.2, -0.15) is 0 Å². The first kappa shape index (κ1) is 21.0. The molecular formula is C15H29IN4O2. The molecule has 128 valence electrons. The van der Waals surface area contributed by atoms with Gasteiger partial charge in [-0.15, -0.1) is 24.0 Å². The maximum atomic E-state index is 11.4. The fraction of sp³-hybridized carbons (Fsp3) is 0.733. The molecule has 1 rings (SSSR count). The number of carbonyl (C=O) groups excluding carboxylic acids is 1. The Hall–Kier alpha value is -0.990. The van der Waals surface area contributed by atoms with Crippen LogP contribution < -0.4 is 16.0 Å². The highest BCUT2D eigenvalue weighted by molar-refractivity contribution is 14.0. The van der Waals surface area contributed by atoms with Crippen LogP contribution in [0.4, 0.5) is 4.79 Å². The molecule has 0 bridgehead atoms. The summed E-state index contributed by atoms with van der Waals surface area (Å²) in [6.07, 6.45) is 6.87. The van der Waals surface area contributed by atoms with Crippen molar-refractivity contribution in [1.29, 1.82) is 0 Å². The fourth-order valence-corrected chi connectivity index (χ4v) is 1.92. The average molecular weight is 424 g/mol. The number of rotatable bonds is 5. The lowest BCUT2D eigenvalue weighted by Crippen LogP contribution is -2.43. The summed E-state index contributed by atoms with van der Waals surface area (Å²) in [5.74, 6) is 0.806. The highest BCUT2D eigenvalue weighted by atomic mass is 127. The molecule has 0 unspecified atom stereocenters. The normalized spacial score (nSPS) is 15.2. The van der Waals surface area contributed by atoms with Crippen LogP contribution in [-0.2, 0) is 4.74 Å². The van der Waals surface area contributed by atoms with Gasteiger partial charge in [0.15, 0.2) is 5.96 Å². The van der Waals surface area contributed by atoms with Crippen molar-refractivity contribution < 1.29 is 9.53 Å². The van der Waals surface area contributed by atoms with Gasteiger partial charge in [0.05, 0.1) is 0 Å². The Labute approximate surface area is 150 Å². The molecule has 0 aliphatic heterocycles. The van der Waals surface area contributed by atoms with Crippen molar-refractivity contribution >= 4 is 36.0 Å². The molecule has 1 aliphatic carbocycles. The molecule has 0 spiro atoms. The van der Waals surface area contributed by atoms with Crippen LogP contribution in [-0.4, -0.2) is 43.8 Å². The minimum atomic E-state index is -0.455. The topological polar surface area (TPSA) is 74.8 Å². The molecule has 0 aromatic rings. The summed E-state index contributed by atoms with van der Waals surface area (Å²) in [6.45, 7) is 6.87. The summed E-state index contributed by atoms with van der Waals surface area (Å²) in [4.78, 5) is 15.6. The van der Waals surface area contributed by atoms with Gasteiger partial charge in [-0.25, -0.2) is 4.79 Å². The first-order valence-corrected chi connectivity index (χ1v) is 7.50. The third-order valence-corrected chi connectivity index (χ3v) is 2.89. The molecule has 0 radical (unpaired) electrons. The third-order valence-electron chi connectivity index (χ3n) is 2.89. The molecule has 0 saturated carbocycles. The molecule has 1 amide bonds. The molecule has 0 aromatic carbocycles. The zero-order chi connectivity index (χ0) is 15.7. The van der Waals surface area contributed by atoms with Gasteiger partial charge >= 0.3 is 6.09 Å². The van der Waals surface area contributed by atoms with Crippen molar-refractivity contribution in [3.05, 3.63) is 12.2 Å². The van der Waals surface area contributed by atoms with Gasteiger partial charge in [-0.1, -0.05) is 12.2 Å². The third kappa shape index (κ3) is 9.86. The lowest BCUT2D eigenvalue weighted by atomic mass is 10.2. The molecule has 22 heavy (non-hydrogen) atoms. The van der Waals surface area contributed by atoms with E-state index < -0.39 is 5.60 Å². The number of hydrogen-bond acceptors (Lipinski definition) is 3. The van der Waals surface area contributed by atoms with E-state index >= 15 is 0 Å². The maximum absolute atomic E-state index is 11.4. The Morgan fingerprint density at radius 3 is 2.36 bits per heavy atom. The van der Waals surface area contributed by atoms with Crippen molar-refractivity contribution in [3.8, 4) is 0 Å². The average Bonchev–Trinajstić information content (AvgIpc) is 2.87. The quantitative estimate of drug-likeness (QED) is 0.208. The Balaban J connectivity index is 0.00000441. The second-order valence-electron chi connectivity index (χ2n) is 6.07. The van der Waals surface area contributed by atoms with Gasteiger partial charge < -0.3 is 20.7 Å². The van der Waals surface area contributed by atoms with Gasteiger partial charge in [-0.3, -0.25) is 4.99 Å². The predicted molar refractivity (Wildman–Crippen MR) is 101 cm³/mol. The van der Waals surface area contributed by atoms with E-state index in [4.69, 9.17) is 4.74 Å². The lowest BCUT2D eigenvalue weighted by Gasteiger charge is -2.20. The van der Waals surface area contributed by atoms with E-state index in [1.807, 2.05) is 20.8 Å². The molecule has 0 heterocycles. The number of alkyl carbamates (subject to hydrolysis) is 1. The number of nitrogens with zero attached hydrogens (tertiary/aromatic N) is 1. The molecule has 0 atom stereocenters. The van der Waals surface area contributed by atoms with Crippen LogP contribution in [0.5, 0.6) is 0 Å². The lowest BCUT2D eigenvalue weighted by molar-refractivity contribution is 0.0527. The molecule has 1 aliphatic rings. The van der Waals surface area contributed by atoms with E-state index in [-0.39, 0.29) is 30.1 Å². The van der Waals surface area contributed by atoms with Crippen LogP contribution in [0, 0.1) is 0 Å². The van der Waals surface area contributed by atoms with Gasteiger partial charge in [0, 0.05) is 26.2 Å². The van der Waals surface area contributed by atoms with Crippen LogP contribution in [0.2, 0.25) is 0 Å². The van der Waals surface area contributed by atoms with E-state index in [0.29, 0.717) is 12.6 Å². The van der Waals surface area contributed by atoms with Crippen LogP contribution in [0.25, 0.3) is 0 Å². The number of nitrogens with one attached hydrogen (secondary N) is 3. The summed E-state index contributed by atoms with van der Waals surface area (Å²) in [5, 5.41) is 9.33. The first-order chi connectivity index (χ1) is 9.90. The number of aliphatic imine (C=N–C) groups is 1. The van der Waals surface area contributed by atoms with Gasteiger partial charge in [0.25, 0.3) is 0 Å². The van der Waals surface area contributed by atoms with Crippen molar-refractivity contribution in [2.24, 2.45) is 4.99 Å². The fourth-order valence-electron chi connectivity index (χ4n) is 1.92. The number of ether oxygens (including phenoxy) is 1. The Bertz CT molecular complexity index is 383. The molecule has 0 aromatic heterocycles. The molecular weight excluding hydrogens is 395 g/mol. The standard InChI is InChI=1S/C15H28N4O2.HI/c1-15(2,3)21-14(20)18-11-7-10-17-13(16-4)19-12-8-5-6-9-12;/h5-6,12H,7-11H2,1-4H3,(H,18,20)(H2,16,17,19);1H. The van der Waals surface area contributed by atoms with Crippen molar-refractivity contribution in [2.45, 2.75) is 51.7 Å². The van der Waals surface area contributed by atoms with E-state index in [1.54, 1.807) is 7.05 Å². The number of hydrogen-bond donors (Lipinski definition) is 3. The van der Waals surface area contributed by atoms with Crippen molar-refractivity contribution in [2.75, 3.05) is 20.1 Å². The Morgan fingerprint density at radius 1 is 1.23 bits per heavy atom. The summed E-state index contributed by atoms with van der Waals surface area (Å²) in [7, 11) is 1.76. The van der Waals surface area contributed by atoms with E-state index in [9.17, 15) is 4.79 Å². The molecule has 6 nitrogen and oxygen atoms in total. The van der Waals surface area contributed by atoms with Crippen LogP contribution in [0.1, 0.15) is 40.0 Å². The summed E-state index contributed by atoms with van der Waals surface area (Å²) >= 11 is 0. The number of amides is 1.